The first-order valence-corrected chi connectivity index (χ1v) is 7.41. The van der Waals surface area contributed by atoms with Crippen LogP contribution in [-0.2, 0) is 6.42 Å². The molecular weight excluding hydrogens is 253 g/mol. The highest BCUT2D eigenvalue weighted by Gasteiger charge is 2.26. The van der Waals surface area contributed by atoms with Gasteiger partial charge in [-0.15, -0.1) is 0 Å². The highest BCUT2D eigenvalue weighted by molar-refractivity contribution is 5.54. The molecule has 0 saturated carbocycles. The van der Waals surface area contributed by atoms with Gasteiger partial charge < -0.3 is 10.6 Å². The van der Waals surface area contributed by atoms with Gasteiger partial charge in [0.25, 0.3) is 0 Å². The number of nitrogens with two attached hydrogens (primary N) is 1. The Hall–Kier alpha value is -1.13. The van der Waals surface area contributed by atoms with Crippen molar-refractivity contribution in [3.63, 3.8) is 0 Å². The summed E-state index contributed by atoms with van der Waals surface area (Å²) in [6.07, 6.45) is 0.599. The third-order valence-corrected chi connectivity index (χ3v) is 4.06. The molecule has 0 atom stereocenters. The highest BCUT2D eigenvalue weighted by Crippen LogP contribution is 2.26. The summed E-state index contributed by atoms with van der Waals surface area (Å²) in [6.45, 7) is 11.1. The molecule has 0 radical (unpaired) electrons. The Morgan fingerprint density at radius 2 is 1.80 bits per heavy atom. The van der Waals surface area contributed by atoms with Crippen molar-refractivity contribution in [3.8, 4) is 0 Å². The van der Waals surface area contributed by atoms with E-state index in [1.165, 1.54) is 6.07 Å². The molecule has 1 aliphatic rings. The first kappa shape index (κ1) is 15.3. The van der Waals surface area contributed by atoms with Crippen LogP contribution in [-0.4, -0.2) is 43.2 Å². The topological polar surface area (TPSA) is 32.5 Å². The fourth-order valence-electron chi connectivity index (χ4n) is 2.85. The minimum absolute atomic E-state index is 0.133. The zero-order chi connectivity index (χ0) is 14.8. The third kappa shape index (κ3) is 3.30. The van der Waals surface area contributed by atoms with E-state index in [-0.39, 0.29) is 11.4 Å². The lowest BCUT2D eigenvalue weighted by atomic mass is 10.0. The second-order valence-electron chi connectivity index (χ2n) is 6.42. The normalized spacial score (nSPS) is 17.6. The van der Waals surface area contributed by atoms with Gasteiger partial charge in [-0.1, -0.05) is 6.07 Å². The Morgan fingerprint density at radius 1 is 1.15 bits per heavy atom. The van der Waals surface area contributed by atoms with Crippen LogP contribution in [0.2, 0.25) is 0 Å². The lowest BCUT2D eigenvalue weighted by Gasteiger charge is -2.43. The molecule has 0 aromatic heterocycles. The van der Waals surface area contributed by atoms with E-state index in [2.05, 4.69) is 30.6 Å². The van der Waals surface area contributed by atoms with E-state index >= 15 is 0 Å². The molecule has 20 heavy (non-hydrogen) atoms. The second-order valence-corrected chi connectivity index (χ2v) is 6.42. The standard InChI is InChI=1S/C16H26FN3/c1-16(2,3)20-11-9-19(10-12-20)15-6-4-5-14(17)13(15)7-8-18/h4-6H,7-12,18H2,1-3H3. The predicted octanol–water partition coefficient (Wildman–Crippen LogP) is 2.25. The van der Waals surface area contributed by atoms with E-state index in [0.717, 1.165) is 37.4 Å². The van der Waals surface area contributed by atoms with Crippen LogP contribution in [0.5, 0.6) is 0 Å². The third-order valence-electron chi connectivity index (χ3n) is 4.06. The lowest BCUT2D eigenvalue weighted by Crippen LogP contribution is -2.53. The molecule has 0 bridgehead atoms. The lowest BCUT2D eigenvalue weighted by molar-refractivity contribution is 0.128. The highest BCUT2D eigenvalue weighted by atomic mass is 19.1. The summed E-state index contributed by atoms with van der Waals surface area (Å²) < 4.78 is 14.0. The van der Waals surface area contributed by atoms with E-state index in [1.807, 2.05) is 6.07 Å². The van der Waals surface area contributed by atoms with Gasteiger partial charge in [0.1, 0.15) is 5.82 Å². The van der Waals surface area contributed by atoms with E-state index in [4.69, 9.17) is 5.73 Å². The predicted molar refractivity (Wildman–Crippen MR) is 82.7 cm³/mol. The SMILES string of the molecule is CC(C)(C)N1CCN(c2cccc(F)c2CCN)CC1. The number of hydrogen-bond donors (Lipinski definition) is 1. The van der Waals surface area contributed by atoms with Gasteiger partial charge in [-0.2, -0.15) is 0 Å². The molecule has 2 rings (SSSR count). The summed E-state index contributed by atoms with van der Waals surface area (Å²) >= 11 is 0. The number of hydrogen-bond acceptors (Lipinski definition) is 3. The molecule has 0 unspecified atom stereocenters. The van der Waals surface area contributed by atoms with Crippen LogP contribution in [0.1, 0.15) is 26.3 Å². The molecule has 1 fully saturated rings. The number of anilines is 1. The summed E-state index contributed by atoms with van der Waals surface area (Å²) in [5.74, 6) is -0.133. The first-order chi connectivity index (χ1) is 9.43. The fourth-order valence-corrected chi connectivity index (χ4v) is 2.85. The van der Waals surface area contributed by atoms with Crippen LogP contribution in [0.4, 0.5) is 10.1 Å². The van der Waals surface area contributed by atoms with Gasteiger partial charge in [0.05, 0.1) is 0 Å². The van der Waals surface area contributed by atoms with Gasteiger partial charge in [0, 0.05) is 43.0 Å². The Labute approximate surface area is 121 Å². The average molecular weight is 279 g/mol. The summed E-state index contributed by atoms with van der Waals surface area (Å²) in [6, 6.07) is 5.33. The monoisotopic (exact) mass is 279 g/mol. The van der Waals surface area contributed by atoms with Crippen LogP contribution in [0.3, 0.4) is 0 Å². The van der Waals surface area contributed by atoms with Gasteiger partial charge in [-0.3, -0.25) is 4.90 Å². The molecule has 0 spiro atoms. The van der Waals surface area contributed by atoms with E-state index in [1.54, 1.807) is 6.07 Å². The van der Waals surface area contributed by atoms with E-state index < -0.39 is 0 Å². The van der Waals surface area contributed by atoms with Crippen molar-refractivity contribution in [1.82, 2.24) is 4.90 Å². The quantitative estimate of drug-likeness (QED) is 0.921. The van der Waals surface area contributed by atoms with Crippen molar-refractivity contribution in [3.05, 3.63) is 29.6 Å². The Bertz CT molecular complexity index is 446. The van der Waals surface area contributed by atoms with Crippen LogP contribution in [0.15, 0.2) is 18.2 Å². The molecule has 1 saturated heterocycles. The van der Waals surface area contributed by atoms with Gasteiger partial charge in [-0.05, 0) is 45.9 Å². The van der Waals surface area contributed by atoms with Gasteiger partial charge >= 0.3 is 0 Å². The number of nitrogens with zero attached hydrogens (tertiary/aromatic N) is 2. The summed E-state index contributed by atoms with van der Waals surface area (Å²) in [5, 5.41) is 0. The maximum absolute atomic E-state index is 14.0. The molecule has 2 N–H and O–H groups in total. The number of halogens is 1. The van der Waals surface area contributed by atoms with Crippen LogP contribution in [0.25, 0.3) is 0 Å². The molecule has 112 valence electrons. The van der Waals surface area contributed by atoms with Crippen LogP contribution < -0.4 is 10.6 Å². The molecule has 1 aromatic rings. The first-order valence-electron chi connectivity index (χ1n) is 7.41. The Morgan fingerprint density at radius 3 is 2.35 bits per heavy atom. The molecule has 0 aliphatic carbocycles. The molecule has 0 amide bonds. The Balaban J connectivity index is 2.13. The largest absolute Gasteiger partial charge is 0.369 e. The maximum Gasteiger partial charge on any atom is 0.128 e. The Kier molecular flexibility index (Phi) is 4.66. The van der Waals surface area contributed by atoms with Crippen LogP contribution >= 0.6 is 0 Å². The molecule has 1 aromatic carbocycles. The van der Waals surface area contributed by atoms with Crippen molar-refractivity contribution in [2.75, 3.05) is 37.6 Å². The fraction of sp³-hybridized carbons (Fsp3) is 0.625. The van der Waals surface area contributed by atoms with Crippen molar-refractivity contribution in [2.24, 2.45) is 5.73 Å². The molecule has 1 aliphatic heterocycles. The molecular formula is C16H26FN3. The number of piperazine rings is 1. The summed E-state index contributed by atoms with van der Waals surface area (Å²) in [7, 11) is 0. The summed E-state index contributed by atoms with van der Waals surface area (Å²) in [4.78, 5) is 4.77. The van der Waals surface area contributed by atoms with Crippen LogP contribution in [0, 0.1) is 5.82 Å². The van der Waals surface area contributed by atoms with Gasteiger partial charge in [0.2, 0.25) is 0 Å². The number of rotatable bonds is 3. The zero-order valence-corrected chi connectivity index (χ0v) is 12.8. The minimum Gasteiger partial charge on any atom is -0.369 e. The summed E-state index contributed by atoms with van der Waals surface area (Å²) in [5.41, 5.74) is 7.60. The number of benzene rings is 1. The molecule has 3 nitrogen and oxygen atoms in total. The average Bonchev–Trinajstić information content (AvgIpc) is 2.40. The smallest absolute Gasteiger partial charge is 0.128 e. The van der Waals surface area contributed by atoms with Crippen molar-refractivity contribution in [2.45, 2.75) is 32.7 Å². The van der Waals surface area contributed by atoms with Crippen molar-refractivity contribution >= 4 is 5.69 Å². The molecule has 1 heterocycles. The van der Waals surface area contributed by atoms with Crippen molar-refractivity contribution in [1.29, 1.82) is 0 Å². The second kappa shape index (κ2) is 6.10. The van der Waals surface area contributed by atoms with Gasteiger partial charge in [0.15, 0.2) is 0 Å². The van der Waals surface area contributed by atoms with Gasteiger partial charge in [-0.25, -0.2) is 4.39 Å². The molecule has 4 heteroatoms. The van der Waals surface area contributed by atoms with E-state index in [9.17, 15) is 4.39 Å². The minimum atomic E-state index is -0.133. The van der Waals surface area contributed by atoms with E-state index in [0.29, 0.717) is 13.0 Å². The maximum atomic E-state index is 14.0. The zero-order valence-electron chi connectivity index (χ0n) is 12.8. The van der Waals surface area contributed by atoms with Crippen molar-refractivity contribution < 1.29 is 4.39 Å².